The zero-order valence-corrected chi connectivity index (χ0v) is 24.2. The van der Waals surface area contributed by atoms with Gasteiger partial charge in [-0.05, 0) is 29.7 Å². The van der Waals surface area contributed by atoms with Gasteiger partial charge in [0.15, 0.2) is 17.0 Å². The summed E-state index contributed by atoms with van der Waals surface area (Å²) in [6.45, 7) is 2.87. The fourth-order valence-corrected chi connectivity index (χ4v) is 5.22. The lowest BCUT2D eigenvalue weighted by molar-refractivity contribution is -0.385. The van der Waals surface area contributed by atoms with Crippen LogP contribution >= 0.6 is 0 Å². The van der Waals surface area contributed by atoms with Crippen molar-refractivity contribution in [2.45, 2.75) is 13.0 Å². The van der Waals surface area contributed by atoms with E-state index in [1.165, 1.54) is 42.0 Å². The van der Waals surface area contributed by atoms with Crippen molar-refractivity contribution < 1.29 is 14.6 Å². The third-order valence-electron chi connectivity index (χ3n) is 7.68. The monoisotopic (exact) mass is 607 g/mol. The van der Waals surface area contributed by atoms with E-state index < -0.39 is 9.85 Å². The Labute approximate surface area is 257 Å². The minimum Gasteiger partial charge on any atom is -0.368 e. The lowest BCUT2D eigenvalue weighted by Crippen LogP contribution is -2.49. The van der Waals surface area contributed by atoms with E-state index in [-0.39, 0.29) is 17.3 Å². The van der Waals surface area contributed by atoms with E-state index >= 15 is 0 Å². The van der Waals surface area contributed by atoms with Crippen molar-refractivity contribution in [1.29, 1.82) is 0 Å². The maximum absolute atomic E-state index is 13.1. The second-order valence-corrected chi connectivity index (χ2v) is 10.6. The molecule has 1 amide bonds. The number of benzene rings is 3. The number of amides is 1. The molecule has 0 atom stereocenters. The lowest BCUT2D eigenvalue weighted by atomic mass is 10.1. The molecule has 1 aliphatic heterocycles. The predicted octanol–water partition coefficient (Wildman–Crippen LogP) is 4.31. The van der Waals surface area contributed by atoms with Gasteiger partial charge in [-0.25, -0.2) is 4.98 Å². The van der Waals surface area contributed by atoms with Gasteiger partial charge in [0.2, 0.25) is 5.95 Å². The smallest absolute Gasteiger partial charge is 0.269 e. The van der Waals surface area contributed by atoms with Crippen LogP contribution in [0.4, 0.5) is 23.1 Å². The fourth-order valence-electron chi connectivity index (χ4n) is 5.22. The first-order chi connectivity index (χ1) is 21.9. The Morgan fingerprint density at radius 2 is 1.44 bits per heavy atom. The summed E-state index contributed by atoms with van der Waals surface area (Å²) in [5.74, 6) is 0.903. The summed E-state index contributed by atoms with van der Waals surface area (Å²) in [5, 5.41) is 25.5. The average molecular weight is 608 g/mol. The van der Waals surface area contributed by atoms with Crippen LogP contribution in [0.1, 0.15) is 21.5 Å². The Morgan fingerprint density at radius 3 is 2.09 bits per heavy atom. The lowest BCUT2D eigenvalue weighted by Gasteiger charge is -2.35. The van der Waals surface area contributed by atoms with Crippen LogP contribution in [0.2, 0.25) is 0 Å². The number of imidazole rings is 1. The normalized spacial score (nSPS) is 13.2. The van der Waals surface area contributed by atoms with Gasteiger partial charge in [-0.3, -0.25) is 25.0 Å². The van der Waals surface area contributed by atoms with Crippen LogP contribution in [0, 0.1) is 20.2 Å². The third kappa shape index (κ3) is 6.54. The molecule has 6 rings (SSSR count). The van der Waals surface area contributed by atoms with Crippen LogP contribution in [0.25, 0.3) is 11.2 Å². The Morgan fingerprint density at radius 1 is 0.800 bits per heavy atom. The number of piperazine rings is 1. The number of nitro groups is 2. The van der Waals surface area contributed by atoms with E-state index in [0.29, 0.717) is 67.8 Å². The molecule has 0 saturated carbocycles. The Bertz CT molecular complexity index is 1840. The molecule has 14 heteroatoms. The minimum atomic E-state index is -0.494. The molecule has 0 spiro atoms. The molecule has 1 aliphatic rings. The topological polar surface area (TPSA) is 165 Å². The number of fused-ring (bicyclic) bond motifs is 1. The highest BCUT2D eigenvalue weighted by molar-refractivity contribution is 5.94. The number of hydrogen-bond donors (Lipinski definition) is 1. The standard InChI is InChI=1S/C31H29N9O5/c41-30(24-8-12-26(13-9-24)40(44)45)36-16-18-37(19-17-36)31-34-28(32-15-14-22-4-2-1-3-5-22)27-29(35-31)38(21-33-27)20-23-6-10-25(11-7-23)39(42)43/h1-13,21H,14-20H2,(H,32,34,35). The molecule has 0 unspecified atom stereocenters. The summed E-state index contributed by atoms with van der Waals surface area (Å²) >= 11 is 0. The number of nitro benzene ring substituents is 2. The van der Waals surface area contributed by atoms with E-state index in [1.54, 1.807) is 23.4 Å². The molecule has 0 aliphatic carbocycles. The summed E-state index contributed by atoms with van der Waals surface area (Å²) in [6.07, 6.45) is 2.47. The highest BCUT2D eigenvalue weighted by Gasteiger charge is 2.25. The number of anilines is 2. The largest absolute Gasteiger partial charge is 0.368 e. The van der Waals surface area contributed by atoms with Crippen molar-refractivity contribution >= 4 is 40.2 Å². The van der Waals surface area contributed by atoms with E-state index in [2.05, 4.69) is 22.4 Å². The van der Waals surface area contributed by atoms with Crippen LogP contribution in [0.15, 0.2) is 85.2 Å². The number of nitrogens with zero attached hydrogens (tertiary/aromatic N) is 8. The van der Waals surface area contributed by atoms with E-state index in [0.717, 1.165) is 12.0 Å². The van der Waals surface area contributed by atoms with E-state index in [9.17, 15) is 25.0 Å². The fraction of sp³-hybridized carbons (Fsp3) is 0.226. The molecule has 2 aromatic heterocycles. The molecule has 45 heavy (non-hydrogen) atoms. The SMILES string of the molecule is O=C(c1ccc([N+](=O)[O-])cc1)N1CCN(c2nc(NCCc3ccccc3)c3ncn(Cc4ccc([N+](=O)[O-])cc4)c3n2)CC1. The van der Waals surface area contributed by atoms with E-state index in [1.807, 2.05) is 27.7 Å². The number of carbonyl (C=O) groups excluding carboxylic acids is 1. The van der Waals surface area contributed by atoms with Crippen LogP contribution in [0.3, 0.4) is 0 Å². The summed E-state index contributed by atoms with van der Waals surface area (Å²) < 4.78 is 1.89. The second-order valence-electron chi connectivity index (χ2n) is 10.6. The Balaban J connectivity index is 1.22. The first-order valence-corrected chi connectivity index (χ1v) is 14.4. The number of non-ortho nitro benzene ring substituents is 2. The molecule has 0 bridgehead atoms. The summed E-state index contributed by atoms with van der Waals surface area (Å²) in [6, 6.07) is 22.1. The van der Waals surface area contributed by atoms with Crippen LogP contribution < -0.4 is 10.2 Å². The predicted molar refractivity (Wildman–Crippen MR) is 167 cm³/mol. The first-order valence-electron chi connectivity index (χ1n) is 14.4. The molecule has 0 radical (unpaired) electrons. The van der Waals surface area contributed by atoms with Crippen molar-refractivity contribution in [2.75, 3.05) is 42.9 Å². The number of carbonyl (C=O) groups is 1. The van der Waals surface area contributed by atoms with Gasteiger partial charge in [-0.2, -0.15) is 9.97 Å². The van der Waals surface area contributed by atoms with Crippen molar-refractivity contribution in [3.63, 3.8) is 0 Å². The van der Waals surface area contributed by atoms with Crippen LogP contribution in [-0.2, 0) is 13.0 Å². The van der Waals surface area contributed by atoms with E-state index in [4.69, 9.17) is 9.97 Å². The maximum Gasteiger partial charge on any atom is 0.269 e. The average Bonchev–Trinajstić information content (AvgIpc) is 3.47. The summed E-state index contributed by atoms with van der Waals surface area (Å²) in [4.78, 5) is 52.3. The summed E-state index contributed by atoms with van der Waals surface area (Å²) in [5.41, 5.74) is 3.63. The van der Waals surface area contributed by atoms with Gasteiger partial charge in [0.1, 0.15) is 0 Å². The van der Waals surface area contributed by atoms with Crippen molar-refractivity contribution in [3.8, 4) is 0 Å². The van der Waals surface area contributed by atoms with Crippen LogP contribution in [0.5, 0.6) is 0 Å². The highest BCUT2D eigenvalue weighted by atomic mass is 16.6. The molecule has 228 valence electrons. The molecule has 5 aromatic rings. The van der Waals surface area contributed by atoms with Crippen molar-refractivity contribution in [3.05, 3.63) is 122 Å². The Kier molecular flexibility index (Phi) is 8.26. The van der Waals surface area contributed by atoms with Crippen molar-refractivity contribution in [1.82, 2.24) is 24.4 Å². The first kappa shape index (κ1) is 29.2. The van der Waals surface area contributed by atoms with Gasteiger partial charge in [0, 0.05) is 62.6 Å². The quantitative estimate of drug-likeness (QED) is 0.179. The molecular weight excluding hydrogens is 578 g/mol. The number of aromatic nitrogens is 4. The van der Waals surface area contributed by atoms with Gasteiger partial charge < -0.3 is 19.7 Å². The van der Waals surface area contributed by atoms with Gasteiger partial charge in [-0.15, -0.1) is 0 Å². The molecule has 3 aromatic carbocycles. The van der Waals surface area contributed by atoms with Gasteiger partial charge in [0.05, 0.1) is 22.7 Å². The second kappa shape index (κ2) is 12.8. The number of rotatable bonds is 10. The zero-order chi connectivity index (χ0) is 31.3. The summed E-state index contributed by atoms with van der Waals surface area (Å²) in [7, 11) is 0. The number of nitrogens with one attached hydrogen (secondary N) is 1. The Hall–Kier alpha value is -5.92. The minimum absolute atomic E-state index is 0.0231. The molecule has 1 saturated heterocycles. The highest BCUT2D eigenvalue weighted by Crippen LogP contribution is 2.25. The molecule has 1 fully saturated rings. The molecule has 14 nitrogen and oxygen atoms in total. The molecule has 3 heterocycles. The number of hydrogen-bond acceptors (Lipinski definition) is 10. The van der Waals surface area contributed by atoms with Crippen LogP contribution in [-0.4, -0.2) is 72.9 Å². The van der Waals surface area contributed by atoms with Gasteiger partial charge in [-0.1, -0.05) is 42.5 Å². The third-order valence-corrected chi connectivity index (χ3v) is 7.68. The van der Waals surface area contributed by atoms with Gasteiger partial charge >= 0.3 is 0 Å². The van der Waals surface area contributed by atoms with Crippen molar-refractivity contribution in [2.24, 2.45) is 0 Å². The molecular formula is C31H29N9O5. The maximum atomic E-state index is 13.1. The zero-order valence-electron chi connectivity index (χ0n) is 24.2. The molecule has 1 N–H and O–H groups in total. The van der Waals surface area contributed by atoms with Gasteiger partial charge in [0.25, 0.3) is 17.3 Å².